The van der Waals surface area contributed by atoms with Gasteiger partial charge in [-0.2, -0.15) is 0 Å². The van der Waals surface area contributed by atoms with E-state index in [1.54, 1.807) is 54.6 Å². The second kappa shape index (κ2) is 9.32. The molecule has 0 spiro atoms. The lowest BCUT2D eigenvalue weighted by atomic mass is 10.0. The smallest absolute Gasteiger partial charge is 0.344 e. The summed E-state index contributed by atoms with van der Waals surface area (Å²) in [5, 5.41) is 4.18. The van der Waals surface area contributed by atoms with Gasteiger partial charge in [0.15, 0.2) is 5.58 Å². The van der Waals surface area contributed by atoms with Crippen LogP contribution in [0.1, 0.15) is 21.5 Å². The van der Waals surface area contributed by atoms with Crippen LogP contribution in [0.2, 0.25) is 5.02 Å². The summed E-state index contributed by atoms with van der Waals surface area (Å²) in [7, 11) is 0. The predicted molar refractivity (Wildman–Crippen MR) is 150 cm³/mol. The van der Waals surface area contributed by atoms with Crippen LogP contribution in [0.4, 0.5) is 5.69 Å². The van der Waals surface area contributed by atoms with E-state index in [0.717, 1.165) is 22.0 Å². The van der Waals surface area contributed by atoms with Gasteiger partial charge >= 0.3 is 5.63 Å². The summed E-state index contributed by atoms with van der Waals surface area (Å²) in [6.45, 7) is 3.98. The third-order valence-electron chi connectivity index (χ3n) is 6.37. The third kappa shape index (κ3) is 4.35. The van der Waals surface area contributed by atoms with Gasteiger partial charge in [-0.1, -0.05) is 48.0 Å². The zero-order valence-corrected chi connectivity index (χ0v) is 21.3. The largest absolute Gasteiger partial charge is 0.436 e. The highest BCUT2D eigenvalue weighted by Gasteiger charge is 2.16. The zero-order chi connectivity index (χ0) is 26.4. The first-order chi connectivity index (χ1) is 18.4. The number of hydrogen-bond acceptors (Lipinski definition) is 5. The molecule has 0 fully saturated rings. The highest BCUT2D eigenvalue weighted by atomic mass is 35.5. The van der Waals surface area contributed by atoms with E-state index in [4.69, 9.17) is 20.4 Å². The molecule has 0 saturated heterocycles. The average Bonchev–Trinajstić information content (AvgIpc) is 3.34. The second-order valence-electron chi connectivity index (χ2n) is 9.16. The summed E-state index contributed by atoms with van der Waals surface area (Å²) in [6, 6.07) is 25.1. The normalized spacial score (nSPS) is 11.2. The first-order valence-corrected chi connectivity index (χ1v) is 12.4. The Morgan fingerprint density at radius 1 is 0.868 bits per heavy atom. The number of aryl methyl sites for hydroxylation is 2. The molecular formula is C31H21ClN2O4. The molecule has 6 aromatic rings. The van der Waals surface area contributed by atoms with E-state index >= 15 is 0 Å². The maximum Gasteiger partial charge on any atom is 0.344 e. The molecule has 1 amide bonds. The number of rotatable bonds is 4. The Balaban J connectivity index is 1.26. The maximum absolute atomic E-state index is 13.0. The Morgan fingerprint density at radius 2 is 1.66 bits per heavy atom. The number of halogens is 1. The van der Waals surface area contributed by atoms with Crippen molar-refractivity contribution in [2.75, 3.05) is 5.32 Å². The van der Waals surface area contributed by atoms with Gasteiger partial charge in [-0.3, -0.25) is 4.79 Å². The number of carbonyl (C=O) groups is 1. The van der Waals surface area contributed by atoms with Crippen LogP contribution in [0.3, 0.4) is 0 Å². The molecule has 0 aliphatic heterocycles. The molecule has 1 N–H and O–H groups in total. The molecule has 0 aliphatic carbocycles. The fourth-order valence-corrected chi connectivity index (χ4v) is 4.72. The maximum atomic E-state index is 13.0. The van der Waals surface area contributed by atoms with E-state index in [0.29, 0.717) is 50.0 Å². The van der Waals surface area contributed by atoms with Crippen LogP contribution in [0.5, 0.6) is 0 Å². The molecule has 0 aliphatic rings. The number of amides is 1. The van der Waals surface area contributed by atoms with Gasteiger partial charge in [0.05, 0.1) is 16.1 Å². The first kappa shape index (κ1) is 23.7. The quantitative estimate of drug-likeness (QED) is 0.240. The van der Waals surface area contributed by atoms with Crippen LogP contribution in [0.25, 0.3) is 44.7 Å². The Labute approximate surface area is 222 Å². The van der Waals surface area contributed by atoms with Crippen LogP contribution in [0, 0.1) is 13.8 Å². The fourth-order valence-electron chi connectivity index (χ4n) is 4.53. The van der Waals surface area contributed by atoms with Gasteiger partial charge < -0.3 is 14.2 Å². The Hall–Kier alpha value is -4.68. The van der Waals surface area contributed by atoms with Gasteiger partial charge in [0.1, 0.15) is 11.1 Å². The van der Waals surface area contributed by atoms with Crippen molar-refractivity contribution in [2.24, 2.45) is 0 Å². The number of fused-ring (bicyclic) bond motifs is 2. The molecule has 186 valence electrons. The summed E-state index contributed by atoms with van der Waals surface area (Å²) < 4.78 is 11.4. The first-order valence-electron chi connectivity index (χ1n) is 12.0. The molecule has 2 heterocycles. The highest BCUT2D eigenvalue weighted by molar-refractivity contribution is 6.33. The number of oxazole rings is 1. The van der Waals surface area contributed by atoms with Crippen molar-refractivity contribution >= 4 is 45.3 Å². The number of carbonyl (C=O) groups excluding carboxylic acids is 1. The Kier molecular flexibility index (Phi) is 5.81. The van der Waals surface area contributed by atoms with Gasteiger partial charge in [-0.25, -0.2) is 9.78 Å². The van der Waals surface area contributed by atoms with E-state index in [1.807, 2.05) is 44.2 Å². The van der Waals surface area contributed by atoms with E-state index in [9.17, 15) is 9.59 Å². The molecule has 4 aromatic carbocycles. The topological polar surface area (TPSA) is 85.3 Å². The number of para-hydroxylation sites is 1. The molecule has 0 radical (unpaired) electrons. The average molecular weight is 521 g/mol. The van der Waals surface area contributed by atoms with E-state index in [-0.39, 0.29) is 5.91 Å². The predicted octanol–water partition coefficient (Wildman–Crippen LogP) is 7.79. The van der Waals surface area contributed by atoms with Crippen LogP contribution >= 0.6 is 11.6 Å². The Bertz CT molecular complexity index is 1920. The number of nitrogens with one attached hydrogen (secondary N) is 1. The Morgan fingerprint density at radius 3 is 2.47 bits per heavy atom. The van der Waals surface area contributed by atoms with Crippen LogP contribution < -0.4 is 10.9 Å². The monoisotopic (exact) mass is 520 g/mol. The minimum Gasteiger partial charge on any atom is -0.436 e. The van der Waals surface area contributed by atoms with E-state index < -0.39 is 5.63 Å². The van der Waals surface area contributed by atoms with Crippen molar-refractivity contribution < 1.29 is 13.6 Å². The summed E-state index contributed by atoms with van der Waals surface area (Å²) in [5.41, 5.74) is 6.29. The van der Waals surface area contributed by atoms with E-state index in [2.05, 4.69) is 10.3 Å². The van der Waals surface area contributed by atoms with Crippen molar-refractivity contribution in [1.82, 2.24) is 4.98 Å². The molecule has 0 unspecified atom stereocenters. The number of hydrogen-bond donors (Lipinski definition) is 1. The van der Waals surface area contributed by atoms with Crippen molar-refractivity contribution in [1.29, 1.82) is 0 Å². The van der Waals surface area contributed by atoms with Crippen LogP contribution in [-0.4, -0.2) is 10.9 Å². The highest BCUT2D eigenvalue weighted by Crippen LogP contribution is 2.34. The lowest BCUT2D eigenvalue weighted by molar-refractivity contribution is 0.102. The standard InChI is InChI=1S/C31H21ClN2O4/c1-17-13-18(2)28-26(14-17)34-30(38-28)24-16-22(11-12-25(24)32)33-29(35)20-9-7-19(8-10-20)23-15-21-5-3-4-6-27(21)37-31(23)36/h3-16H,1-2H3,(H,33,35). The second-order valence-corrected chi connectivity index (χ2v) is 9.57. The molecule has 38 heavy (non-hydrogen) atoms. The minimum absolute atomic E-state index is 0.306. The molecular weight excluding hydrogens is 500 g/mol. The van der Waals surface area contributed by atoms with Crippen LogP contribution in [-0.2, 0) is 0 Å². The summed E-state index contributed by atoms with van der Waals surface area (Å²) >= 11 is 6.46. The zero-order valence-electron chi connectivity index (χ0n) is 20.5. The van der Waals surface area contributed by atoms with Crippen molar-refractivity contribution in [3.63, 3.8) is 0 Å². The minimum atomic E-state index is -0.431. The molecule has 0 bridgehead atoms. The molecule has 6 nitrogen and oxygen atoms in total. The SMILES string of the molecule is Cc1cc(C)c2oc(-c3cc(NC(=O)c4ccc(-c5cc6ccccc6oc5=O)cc4)ccc3Cl)nc2c1. The molecule has 0 saturated carbocycles. The van der Waals surface area contributed by atoms with Crippen molar-refractivity contribution in [2.45, 2.75) is 13.8 Å². The molecule has 7 heteroatoms. The van der Waals surface area contributed by atoms with Gasteiger partial charge in [-0.15, -0.1) is 0 Å². The van der Waals surface area contributed by atoms with E-state index in [1.165, 1.54) is 0 Å². The third-order valence-corrected chi connectivity index (χ3v) is 6.70. The lowest BCUT2D eigenvalue weighted by Crippen LogP contribution is -2.12. The van der Waals surface area contributed by atoms with Crippen molar-refractivity contribution in [3.8, 4) is 22.6 Å². The number of benzene rings is 4. The summed E-state index contributed by atoms with van der Waals surface area (Å²) in [4.78, 5) is 30.1. The van der Waals surface area contributed by atoms with Crippen molar-refractivity contribution in [3.05, 3.63) is 117 Å². The van der Waals surface area contributed by atoms with Gasteiger partial charge in [-0.05, 0) is 79.1 Å². The number of nitrogens with zero attached hydrogens (tertiary/aromatic N) is 1. The number of aromatic nitrogens is 1. The summed E-state index contributed by atoms with van der Waals surface area (Å²) in [6.07, 6.45) is 0. The van der Waals surface area contributed by atoms with Gasteiger partial charge in [0.2, 0.25) is 5.89 Å². The van der Waals surface area contributed by atoms with Gasteiger partial charge in [0.25, 0.3) is 5.91 Å². The number of anilines is 1. The van der Waals surface area contributed by atoms with Crippen LogP contribution in [0.15, 0.2) is 98.6 Å². The lowest BCUT2D eigenvalue weighted by Gasteiger charge is -2.08. The molecule has 2 aromatic heterocycles. The van der Waals surface area contributed by atoms with Gasteiger partial charge in [0, 0.05) is 16.6 Å². The molecule has 0 atom stereocenters. The molecule has 6 rings (SSSR count). The fraction of sp³-hybridized carbons (Fsp3) is 0.0645. The summed E-state index contributed by atoms with van der Waals surface area (Å²) in [5.74, 6) is 0.0766.